The molecule has 0 spiro atoms. The molecule has 2 aliphatic heterocycles. The standard InChI is InChI=1S/C28H34N4O7S/c1-40(38,39)31-25(34)16-21(17-33)29-27(36)24-12-6-10-22-9-4-5-11-23(28(37)32(22)24)30-26(35)20-14-13-18-7-2-3-8-19(18)15-20/h2-5,7-8,13-15,21-24,33H,6,9-12,16-17H2,1H3,(H,29,36)(H,30,35)(H,31,34)/b5-4-. The van der Waals surface area contributed by atoms with Gasteiger partial charge >= 0.3 is 0 Å². The molecular formula is C28H34N4O7S. The Balaban J connectivity index is 1.50. The minimum Gasteiger partial charge on any atom is -0.394 e. The van der Waals surface area contributed by atoms with E-state index < -0.39 is 58.9 Å². The van der Waals surface area contributed by atoms with Crippen molar-refractivity contribution in [2.45, 2.75) is 62.7 Å². The van der Waals surface area contributed by atoms with Crippen LogP contribution in [0, 0.1) is 0 Å². The first kappa shape index (κ1) is 29.2. The fourth-order valence-corrected chi connectivity index (χ4v) is 5.79. The molecule has 11 nitrogen and oxygen atoms in total. The molecule has 4 N–H and O–H groups in total. The first-order chi connectivity index (χ1) is 19.1. The van der Waals surface area contributed by atoms with Gasteiger partial charge in [0.2, 0.25) is 27.7 Å². The van der Waals surface area contributed by atoms with Crippen molar-refractivity contribution in [3.8, 4) is 0 Å². The van der Waals surface area contributed by atoms with Gasteiger partial charge in [-0.25, -0.2) is 8.42 Å². The third-order valence-electron chi connectivity index (χ3n) is 7.16. The van der Waals surface area contributed by atoms with Crippen LogP contribution in [0.4, 0.5) is 0 Å². The molecule has 4 rings (SSSR count). The monoisotopic (exact) mass is 570 g/mol. The molecule has 1 fully saturated rings. The van der Waals surface area contributed by atoms with Crippen LogP contribution in [-0.4, -0.2) is 79.1 Å². The second kappa shape index (κ2) is 12.6. The van der Waals surface area contributed by atoms with Crippen LogP contribution >= 0.6 is 0 Å². The summed E-state index contributed by atoms with van der Waals surface area (Å²) in [6.07, 6.45) is 6.76. The molecule has 214 valence electrons. The van der Waals surface area contributed by atoms with E-state index in [0.717, 1.165) is 17.0 Å². The summed E-state index contributed by atoms with van der Waals surface area (Å²) in [5.74, 6) is -2.19. The lowest BCUT2D eigenvalue weighted by Gasteiger charge is -2.43. The zero-order valence-corrected chi connectivity index (χ0v) is 23.0. The lowest BCUT2D eigenvalue weighted by Crippen LogP contribution is -2.62. The van der Waals surface area contributed by atoms with Crippen molar-refractivity contribution in [1.82, 2.24) is 20.3 Å². The molecule has 0 radical (unpaired) electrons. The summed E-state index contributed by atoms with van der Waals surface area (Å²) in [5.41, 5.74) is 0.417. The van der Waals surface area contributed by atoms with Crippen molar-refractivity contribution < 1.29 is 32.7 Å². The van der Waals surface area contributed by atoms with Crippen molar-refractivity contribution in [2.75, 3.05) is 12.9 Å². The Hall–Kier alpha value is -3.77. The van der Waals surface area contributed by atoms with Gasteiger partial charge in [0.15, 0.2) is 0 Å². The fraction of sp³-hybridized carbons (Fsp3) is 0.429. The number of nitrogens with zero attached hydrogens (tertiary/aromatic N) is 1. The van der Waals surface area contributed by atoms with E-state index in [9.17, 15) is 32.7 Å². The summed E-state index contributed by atoms with van der Waals surface area (Å²) in [6, 6.07) is 9.91. The van der Waals surface area contributed by atoms with Gasteiger partial charge in [0.25, 0.3) is 5.91 Å². The first-order valence-corrected chi connectivity index (χ1v) is 15.1. The maximum atomic E-state index is 13.8. The van der Waals surface area contributed by atoms with Gasteiger partial charge in [-0.05, 0) is 55.0 Å². The number of hydrogen-bond acceptors (Lipinski definition) is 7. The summed E-state index contributed by atoms with van der Waals surface area (Å²) < 4.78 is 24.5. The predicted octanol–water partition coefficient (Wildman–Crippen LogP) is 0.981. The Morgan fingerprint density at radius 2 is 1.77 bits per heavy atom. The molecule has 2 aromatic rings. The van der Waals surface area contributed by atoms with E-state index in [1.165, 1.54) is 4.90 Å². The van der Waals surface area contributed by atoms with Crippen molar-refractivity contribution >= 4 is 44.4 Å². The number of nitrogens with one attached hydrogen (secondary N) is 3. The SMILES string of the molecule is CS(=O)(=O)NC(=O)CC(CO)NC(=O)C1CCCC2C/C=C\CC(NC(=O)c3ccc4ccccc4c3)C(=O)N21. The topological polar surface area (TPSA) is 162 Å². The first-order valence-electron chi connectivity index (χ1n) is 13.2. The molecule has 1 saturated heterocycles. The highest BCUT2D eigenvalue weighted by atomic mass is 32.2. The van der Waals surface area contributed by atoms with Gasteiger partial charge in [0.05, 0.1) is 25.3 Å². The minimum absolute atomic E-state index is 0.255. The Kier molecular flexibility index (Phi) is 9.21. The van der Waals surface area contributed by atoms with E-state index in [2.05, 4.69) is 10.6 Å². The minimum atomic E-state index is -3.79. The average Bonchev–Trinajstić information content (AvgIpc) is 2.91. The van der Waals surface area contributed by atoms with Gasteiger partial charge in [0, 0.05) is 11.6 Å². The van der Waals surface area contributed by atoms with Gasteiger partial charge in [-0.2, -0.15) is 0 Å². The number of benzene rings is 2. The van der Waals surface area contributed by atoms with Crippen LogP contribution in [0.25, 0.3) is 10.8 Å². The second-order valence-electron chi connectivity index (χ2n) is 10.3. The summed E-state index contributed by atoms with van der Waals surface area (Å²) in [4.78, 5) is 53.9. The van der Waals surface area contributed by atoms with Crippen LogP contribution in [0.2, 0.25) is 0 Å². The second-order valence-corrected chi connectivity index (χ2v) is 12.0. The Morgan fingerprint density at radius 3 is 2.50 bits per heavy atom. The quantitative estimate of drug-likeness (QED) is 0.344. The highest BCUT2D eigenvalue weighted by molar-refractivity contribution is 7.89. The zero-order valence-electron chi connectivity index (χ0n) is 22.2. The fourth-order valence-electron chi connectivity index (χ4n) is 5.29. The number of aliphatic hydroxyl groups is 1. The number of rotatable bonds is 8. The number of hydrogen-bond donors (Lipinski definition) is 4. The van der Waals surface area contributed by atoms with Crippen molar-refractivity contribution in [3.63, 3.8) is 0 Å². The maximum Gasteiger partial charge on any atom is 0.251 e. The molecule has 4 amide bonds. The van der Waals surface area contributed by atoms with Crippen LogP contribution < -0.4 is 15.4 Å². The zero-order chi connectivity index (χ0) is 28.9. The van der Waals surface area contributed by atoms with Crippen LogP contribution in [-0.2, 0) is 24.4 Å². The molecule has 0 saturated carbocycles. The molecule has 0 bridgehead atoms. The molecule has 2 aromatic carbocycles. The van der Waals surface area contributed by atoms with Gasteiger partial charge in [-0.1, -0.05) is 42.5 Å². The van der Waals surface area contributed by atoms with E-state index in [-0.39, 0.29) is 18.4 Å². The van der Waals surface area contributed by atoms with Crippen molar-refractivity contribution in [2.24, 2.45) is 0 Å². The molecule has 12 heteroatoms. The van der Waals surface area contributed by atoms with Crippen LogP contribution in [0.15, 0.2) is 54.6 Å². The number of piperidine rings is 1. The van der Waals surface area contributed by atoms with E-state index in [1.54, 1.807) is 12.1 Å². The number of aliphatic hydroxyl groups excluding tert-OH is 1. The van der Waals surface area contributed by atoms with E-state index in [0.29, 0.717) is 31.2 Å². The summed E-state index contributed by atoms with van der Waals surface area (Å²) in [5, 5.41) is 17.1. The van der Waals surface area contributed by atoms with E-state index in [1.807, 2.05) is 47.2 Å². The smallest absolute Gasteiger partial charge is 0.251 e. The Bertz CT molecular complexity index is 1420. The lowest BCUT2D eigenvalue weighted by atomic mass is 9.90. The third-order valence-corrected chi connectivity index (χ3v) is 7.76. The largest absolute Gasteiger partial charge is 0.394 e. The highest BCUT2D eigenvalue weighted by Crippen LogP contribution is 2.29. The van der Waals surface area contributed by atoms with Crippen LogP contribution in [0.5, 0.6) is 0 Å². The molecule has 40 heavy (non-hydrogen) atoms. The number of carbonyl (C=O) groups excluding carboxylic acids is 4. The van der Waals surface area contributed by atoms with Gasteiger partial charge < -0.3 is 20.6 Å². The van der Waals surface area contributed by atoms with Crippen molar-refractivity contribution in [1.29, 1.82) is 0 Å². The Labute approximate surface area is 233 Å². The number of carbonyl (C=O) groups is 4. The van der Waals surface area contributed by atoms with E-state index in [4.69, 9.17) is 0 Å². The molecule has 0 aliphatic carbocycles. The van der Waals surface area contributed by atoms with Crippen LogP contribution in [0.1, 0.15) is 48.9 Å². The summed E-state index contributed by atoms with van der Waals surface area (Å²) >= 11 is 0. The number of amides is 4. The molecule has 2 aliphatic rings. The Morgan fingerprint density at radius 1 is 1.05 bits per heavy atom. The molecule has 4 unspecified atom stereocenters. The lowest BCUT2D eigenvalue weighted by molar-refractivity contribution is -0.147. The summed E-state index contributed by atoms with van der Waals surface area (Å²) in [7, 11) is -3.79. The number of fused-ring (bicyclic) bond motifs is 2. The molecule has 2 heterocycles. The number of sulfonamides is 1. The maximum absolute atomic E-state index is 13.8. The highest BCUT2D eigenvalue weighted by Gasteiger charge is 2.41. The van der Waals surface area contributed by atoms with Gasteiger partial charge in [-0.15, -0.1) is 0 Å². The molecular weight excluding hydrogens is 536 g/mol. The van der Waals surface area contributed by atoms with Gasteiger partial charge in [-0.3, -0.25) is 23.9 Å². The van der Waals surface area contributed by atoms with E-state index >= 15 is 0 Å². The third kappa shape index (κ3) is 7.24. The predicted molar refractivity (Wildman–Crippen MR) is 148 cm³/mol. The molecule has 0 aromatic heterocycles. The van der Waals surface area contributed by atoms with Crippen LogP contribution in [0.3, 0.4) is 0 Å². The average molecular weight is 571 g/mol. The van der Waals surface area contributed by atoms with Gasteiger partial charge in [0.1, 0.15) is 12.1 Å². The summed E-state index contributed by atoms with van der Waals surface area (Å²) in [6.45, 7) is -0.597. The normalized spacial score (nSPS) is 22.8. The van der Waals surface area contributed by atoms with Crippen molar-refractivity contribution in [3.05, 3.63) is 60.2 Å². The molecule has 4 atom stereocenters.